The van der Waals surface area contributed by atoms with E-state index < -0.39 is 5.91 Å². The van der Waals surface area contributed by atoms with E-state index >= 15 is 0 Å². The van der Waals surface area contributed by atoms with Crippen LogP contribution in [0.15, 0.2) is 60.0 Å². The number of nitrogens with zero attached hydrogens (tertiary/aromatic N) is 1. The Kier molecular flexibility index (Phi) is 5.58. The molecular weight excluding hydrogens is 364 g/mol. The van der Waals surface area contributed by atoms with Gasteiger partial charge in [0.05, 0.1) is 0 Å². The van der Waals surface area contributed by atoms with Crippen molar-refractivity contribution in [2.24, 2.45) is 0 Å². The minimum Gasteiger partial charge on any atom is -0.326 e. The van der Waals surface area contributed by atoms with Gasteiger partial charge < -0.3 is 10.6 Å². The smallest absolute Gasteiger partial charge is 0.275 e. The summed E-state index contributed by atoms with van der Waals surface area (Å²) < 4.78 is 0. The maximum absolute atomic E-state index is 12.3. The van der Waals surface area contributed by atoms with Crippen LogP contribution in [0.5, 0.6) is 0 Å². The normalized spacial score (nSPS) is 10.1. The SMILES string of the molecule is CC(=O)Nc1ccc(NC(=O)c2csc(NC(=O)c3ccccc3)n2)cc1. The average molecular weight is 380 g/mol. The molecule has 3 amide bonds. The molecule has 1 heterocycles. The van der Waals surface area contributed by atoms with Gasteiger partial charge in [-0.2, -0.15) is 0 Å². The molecule has 0 radical (unpaired) electrons. The number of benzene rings is 2. The number of hydrogen-bond acceptors (Lipinski definition) is 5. The van der Waals surface area contributed by atoms with Gasteiger partial charge in [0.1, 0.15) is 5.69 Å². The Morgan fingerprint density at radius 2 is 1.44 bits per heavy atom. The standard InChI is InChI=1S/C19H16N4O3S/c1-12(24)20-14-7-9-15(10-8-14)21-18(26)16-11-27-19(22-16)23-17(25)13-5-3-2-4-6-13/h2-11H,1H3,(H,20,24)(H,21,26)(H,22,23,25). The maximum atomic E-state index is 12.3. The predicted molar refractivity (Wildman–Crippen MR) is 105 cm³/mol. The highest BCUT2D eigenvalue weighted by Gasteiger charge is 2.13. The molecule has 3 N–H and O–H groups in total. The summed E-state index contributed by atoms with van der Waals surface area (Å²) in [6, 6.07) is 15.5. The second kappa shape index (κ2) is 8.24. The summed E-state index contributed by atoms with van der Waals surface area (Å²) in [5, 5.41) is 9.95. The Balaban J connectivity index is 1.61. The molecule has 27 heavy (non-hydrogen) atoms. The largest absolute Gasteiger partial charge is 0.326 e. The van der Waals surface area contributed by atoms with Crippen LogP contribution in [-0.4, -0.2) is 22.7 Å². The lowest BCUT2D eigenvalue weighted by atomic mass is 10.2. The fraction of sp³-hybridized carbons (Fsp3) is 0.0526. The highest BCUT2D eigenvalue weighted by atomic mass is 32.1. The van der Waals surface area contributed by atoms with Crippen LogP contribution in [0, 0.1) is 0 Å². The van der Waals surface area contributed by atoms with Gasteiger partial charge in [-0.15, -0.1) is 11.3 Å². The van der Waals surface area contributed by atoms with Crippen LogP contribution < -0.4 is 16.0 Å². The third-order valence-electron chi connectivity index (χ3n) is 3.46. The predicted octanol–water partition coefficient (Wildman–Crippen LogP) is 3.61. The first kappa shape index (κ1) is 18.3. The van der Waals surface area contributed by atoms with Crippen molar-refractivity contribution < 1.29 is 14.4 Å². The second-order valence-corrected chi connectivity index (χ2v) is 6.43. The minimum atomic E-state index is -0.390. The van der Waals surface area contributed by atoms with Gasteiger partial charge in [0.15, 0.2) is 5.13 Å². The lowest BCUT2D eigenvalue weighted by Gasteiger charge is -2.05. The molecule has 1 aromatic heterocycles. The van der Waals surface area contributed by atoms with Crippen molar-refractivity contribution in [1.29, 1.82) is 0 Å². The van der Waals surface area contributed by atoms with E-state index in [-0.39, 0.29) is 17.5 Å². The highest BCUT2D eigenvalue weighted by Crippen LogP contribution is 2.19. The highest BCUT2D eigenvalue weighted by molar-refractivity contribution is 7.14. The molecule has 0 fully saturated rings. The van der Waals surface area contributed by atoms with Crippen LogP contribution in [0.25, 0.3) is 0 Å². The fourth-order valence-electron chi connectivity index (χ4n) is 2.23. The zero-order chi connectivity index (χ0) is 19.2. The van der Waals surface area contributed by atoms with Gasteiger partial charge in [0.25, 0.3) is 11.8 Å². The lowest BCUT2D eigenvalue weighted by Crippen LogP contribution is -2.14. The summed E-state index contributed by atoms with van der Waals surface area (Å²) in [7, 11) is 0. The molecule has 0 unspecified atom stereocenters. The van der Waals surface area contributed by atoms with Crippen LogP contribution >= 0.6 is 11.3 Å². The molecule has 2 aromatic carbocycles. The molecule has 0 saturated heterocycles. The van der Waals surface area contributed by atoms with Crippen LogP contribution in [0.2, 0.25) is 0 Å². The van der Waals surface area contributed by atoms with Gasteiger partial charge in [0.2, 0.25) is 5.91 Å². The molecule has 0 aliphatic heterocycles. The summed E-state index contributed by atoms with van der Waals surface area (Å²) in [4.78, 5) is 39.6. The Labute approximate surface area is 159 Å². The van der Waals surface area contributed by atoms with E-state index in [9.17, 15) is 14.4 Å². The topological polar surface area (TPSA) is 100 Å². The Morgan fingerprint density at radius 1 is 0.815 bits per heavy atom. The molecule has 0 aliphatic rings. The van der Waals surface area contributed by atoms with Crippen molar-refractivity contribution >= 4 is 45.6 Å². The van der Waals surface area contributed by atoms with E-state index in [1.165, 1.54) is 18.3 Å². The monoisotopic (exact) mass is 380 g/mol. The zero-order valence-corrected chi connectivity index (χ0v) is 15.2. The molecule has 0 spiro atoms. The van der Waals surface area contributed by atoms with Crippen molar-refractivity contribution in [3.8, 4) is 0 Å². The van der Waals surface area contributed by atoms with Crippen LogP contribution in [-0.2, 0) is 4.79 Å². The van der Waals surface area contributed by atoms with Gasteiger partial charge in [0, 0.05) is 29.2 Å². The van der Waals surface area contributed by atoms with Gasteiger partial charge in [-0.05, 0) is 36.4 Å². The first-order valence-corrected chi connectivity index (χ1v) is 8.90. The van der Waals surface area contributed by atoms with Crippen LogP contribution in [0.1, 0.15) is 27.8 Å². The molecule has 0 aliphatic carbocycles. The number of carbonyl (C=O) groups is 3. The number of aromatic nitrogens is 1. The maximum Gasteiger partial charge on any atom is 0.275 e. The number of hydrogen-bond donors (Lipinski definition) is 3. The summed E-state index contributed by atoms with van der Waals surface area (Å²) in [5.41, 5.74) is 1.92. The Hall–Kier alpha value is -3.52. The Bertz CT molecular complexity index is 968. The van der Waals surface area contributed by atoms with Crippen LogP contribution in [0.3, 0.4) is 0 Å². The summed E-state index contributed by atoms with van der Waals surface area (Å²) in [6.45, 7) is 1.42. The van der Waals surface area contributed by atoms with E-state index in [1.54, 1.807) is 53.9 Å². The van der Waals surface area contributed by atoms with Gasteiger partial charge in [-0.1, -0.05) is 18.2 Å². The van der Waals surface area contributed by atoms with Gasteiger partial charge in [-0.3, -0.25) is 19.7 Å². The molecule has 0 bridgehead atoms. The molecule has 0 saturated carbocycles. The second-order valence-electron chi connectivity index (χ2n) is 5.57. The molecule has 8 heteroatoms. The number of carbonyl (C=O) groups excluding carboxylic acids is 3. The molecule has 7 nitrogen and oxygen atoms in total. The van der Waals surface area contributed by atoms with E-state index in [0.717, 1.165) is 0 Å². The zero-order valence-electron chi connectivity index (χ0n) is 14.4. The number of rotatable bonds is 5. The van der Waals surface area contributed by atoms with Crippen molar-refractivity contribution in [2.45, 2.75) is 6.92 Å². The van der Waals surface area contributed by atoms with Crippen molar-refractivity contribution in [3.63, 3.8) is 0 Å². The average Bonchev–Trinajstić information content (AvgIpc) is 3.12. The number of thiazole rings is 1. The lowest BCUT2D eigenvalue weighted by molar-refractivity contribution is -0.114. The van der Waals surface area contributed by atoms with Crippen molar-refractivity contribution in [1.82, 2.24) is 4.98 Å². The van der Waals surface area contributed by atoms with E-state index in [4.69, 9.17) is 0 Å². The molecule has 3 aromatic rings. The van der Waals surface area contributed by atoms with Crippen molar-refractivity contribution in [3.05, 3.63) is 71.2 Å². The number of anilines is 3. The fourth-order valence-corrected chi connectivity index (χ4v) is 2.92. The van der Waals surface area contributed by atoms with Gasteiger partial charge >= 0.3 is 0 Å². The molecule has 0 atom stereocenters. The van der Waals surface area contributed by atoms with Gasteiger partial charge in [-0.25, -0.2) is 4.98 Å². The van der Waals surface area contributed by atoms with Crippen molar-refractivity contribution in [2.75, 3.05) is 16.0 Å². The summed E-state index contributed by atoms with van der Waals surface area (Å²) in [6.07, 6.45) is 0. The quantitative estimate of drug-likeness (QED) is 0.629. The third kappa shape index (κ3) is 4.99. The first-order valence-electron chi connectivity index (χ1n) is 8.02. The third-order valence-corrected chi connectivity index (χ3v) is 4.21. The van der Waals surface area contributed by atoms with Crippen LogP contribution in [0.4, 0.5) is 16.5 Å². The summed E-state index contributed by atoms with van der Waals surface area (Å²) in [5.74, 6) is -0.844. The summed E-state index contributed by atoms with van der Waals surface area (Å²) >= 11 is 1.17. The van der Waals surface area contributed by atoms with E-state index in [0.29, 0.717) is 22.1 Å². The van der Waals surface area contributed by atoms with E-state index in [1.807, 2.05) is 6.07 Å². The number of amides is 3. The number of nitrogens with one attached hydrogen (secondary N) is 3. The minimum absolute atomic E-state index is 0.167. The van der Waals surface area contributed by atoms with E-state index in [2.05, 4.69) is 20.9 Å². The first-order chi connectivity index (χ1) is 13.0. The molecule has 3 rings (SSSR count). The molecular formula is C19H16N4O3S. The Morgan fingerprint density at radius 3 is 2.07 bits per heavy atom. The molecule has 136 valence electrons.